The van der Waals surface area contributed by atoms with Gasteiger partial charge in [0.05, 0.1) is 12.7 Å². The van der Waals surface area contributed by atoms with Crippen molar-refractivity contribution in [1.29, 1.82) is 0 Å². The average molecular weight is 224 g/mol. The lowest BCUT2D eigenvalue weighted by Gasteiger charge is -1.98. The molecule has 0 saturated heterocycles. The summed E-state index contributed by atoms with van der Waals surface area (Å²) >= 11 is 1.38. The number of carboxylic acids is 1. The van der Waals surface area contributed by atoms with Crippen molar-refractivity contribution in [2.24, 2.45) is 0 Å². The van der Waals surface area contributed by atoms with Gasteiger partial charge in [-0.2, -0.15) is 0 Å². The van der Waals surface area contributed by atoms with E-state index in [2.05, 4.69) is 19.9 Å². The van der Waals surface area contributed by atoms with Crippen LogP contribution in [0.2, 0.25) is 0 Å². The Morgan fingerprint density at radius 3 is 3.13 bits per heavy atom. The molecule has 0 unspecified atom stereocenters. The number of aromatic nitrogens is 4. The second kappa shape index (κ2) is 4.26. The van der Waals surface area contributed by atoms with Crippen LogP contribution in [0.15, 0.2) is 17.7 Å². The molecule has 0 aliphatic heterocycles. The second-order valence-electron chi connectivity index (χ2n) is 2.77. The summed E-state index contributed by atoms with van der Waals surface area (Å²) in [4.78, 5) is 25.3. The van der Waals surface area contributed by atoms with Gasteiger partial charge in [0, 0.05) is 5.75 Å². The standard InChI is InChI=1S/C8H8N4O2S/c13-5(14)1-2-15-8-6-7(10-3-9-6)11-4-12-8/h3-4H,1-2H2,(H,13,14)(H,9,10,11,12). The number of fused-ring (bicyclic) bond motifs is 1. The molecular formula is C8H8N4O2S. The lowest BCUT2D eigenvalue weighted by atomic mass is 10.5. The first kappa shape index (κ1) is 9.91. The van der Waals surface area contributed by atoms with Crippen molar-refractivity contribution >= 4 is 28.9 Å². The number of aliphatic carboxylic acids is 1. The predicted molar refractivity (Wildman–Crippen MR) is 54.7 cm³/mol. The molecule has 7 heteroatoms. The highest BCUT2D eigenvalue weighted by Gasteiger charge is 2.06. The normalized spacial score (nSPS) is 10.7. The maximum absolute atomic E-state index is 10.3. The Kier molecular flexibility index (Phi) is 2.82. The number of thioether (sulfide) groups is 1. The minimum atomic E-state index is -0.808. The fourth-order valence-electron chi connectivity index (χ4n) is 1.09. The molecule has 0 fully saturated rings. The highest BCUT2D eigenvalue weighted by Crippen LogP contribution is 2.21. The third-order valence-electron chi connectivity index (χ3n) is 1.74. The van der Waals surface area contributed by atoms with Crippen molar-refractivity contribution < 1.29 is 9.90 Å². The van der Waals surface area contributed by atoms with Gasteiger partial charge in [0.2, 0.25) is 0 Å². The molecule has 6 nitrogen and oxygen atoms in total. The number of carboxylic acid groups (broad SMARTS) is 1. The monoisotopic (exact) mass is 224 g/mol. The third kappa shape index (κ3) is 2.24. The number of H-pyrrole nitrogens is 1. The van der Waals surface area contributed by atoms with Crippen LogP contribution in [0, 0.1) is 0 Å². The molecule has 0 spiro atoms. The Morgan fingerprint density at radius 1 is 1.47 bits per heavy atom. The first-order valence-corrected chi connectivity index (χ1v) is 5.24. The van der Waals surface area contributed by atoms with E-state index in [0.29, 0.717) is 11.4 Å². The van der Waals surface area contributed by atoms with Gasteiger partial charge in [-0.1, -0.05) is 0 Å². The summed E-state index contributed by atoms with van der Waals surface area (Å²) in [5.41, 5.74) is 1.36. The lowest BCUT2D eigenvalue weighted by molar-refractivity contribution is -0.136. The van der Waals surface area contributed by atoms with Gasteiger partial charge < -0.3 is 10.1 Å². The number of hydrogen-bond donors (Lipinski definition) is 2. The molecule has 78 valence electrons. The molecule has 2 aromatic heterocycles. The van der Waals surface area contributed by atoms with Crippen molar-refractivity contribution in [3.8, 4) is 0 Å². The molecule has 2 rings (SSSR count). The summed E-state index contributed by atoms with van der Waals surface area (Å²) < 4.78 is 0. The van der Waals surface area contributed by atoms with Crippen molar-refractivity contribution in [3.63, 3.8) is 0 Å². The summed E-state index contributed by atoms with van der Waals surface area (Å²) in [5, 5.41) is 9.23. The zero-order valence-electron chi connectivity index (χ0n) is 7.67. The topological polar surface area (TPSA) is 91.8 Å². The quantitative estimate of drug-likeness (QED) is 0.592. The summed E-state index contributed by atoms with van der Waals surface area (Å²) in [5.74, 6) is -0.321. The van der Waals surface area contributed by atoms with E-state index in [1.54, 1.807) is 6.33 Å². The van der Waals surface area contributed by atoms with Crippen molar-refractivity contribution in [2.45, 2.75) is 11.4 Å². The van der Waals surface area contributed by atoms with Crippen LogP contribution in [0.1, 0.15) is 6.42 Å². The highest BCUT2D eigenvalue weighted by atomic mass is 32.2. The fraction of sp³-hybridized carbons (Fsp3) is 0.250. The Bertz CT molecular complexity index is 484. The van der Waals surface area contributed by atoms with Gasteiger partial charge in [-0.3, -0.25) is 4.79 Å². The number of hydrogen-bond acceptors (Lipinski definition) is 5. The van der Waals surface area contributed by atoms with Crippen LogP contribution in [-0.4, -0.2) is 36.8 Å². The van der Waals surface area contributed by atoms with Crippen LogP contribution in [-0.2, 0) is 4.79 Å². The van der Waals surface area contributed by atoms with E-state index in [1.165, 1.54) is 18.1 Å². The van der Waals surface area contributed by atoms with E-state index in [1.807, 2.05) is 0 Å². The van der Waals surface area contributed by atoms with Gasteiger partial charge in [0.1, 0.15) is 16.9 Å². The van der Waals surface area contributed by atoms with Gasteiger partial charge in [-0.25, -0.2) is 15.0 Å². The minimum absolute atomic E-state index is 0.115. The highest BCUT2D eigenvalue weighted by molar-refractivity contribution is 7.99. The van der Waals surface area contributed by atoms with Crippen LogP contribution >= 0.6 is 11.8 Å². The number of rotatable bonds is 4. The molecule has 2 aromatic rings. The Hall–Kier alpha value is -1.63. The largest absolute Gasteiger partial charge is 0.481 e. The number of carbonyl (C=O) groups is 1. The van der Waals surface area contributed by atoms with Crippen molar-refractivity contribution in [2.75, 3.05) is 5.75 Å². The summed E-state index contributed by atoms with van der Waals surface area (Å²) in [6.45, 7) is 0. The maximum Gasteiger partial charge on any atom is 0.304 e. The molecule has 0 aromatic carbocycles. The zero-order valence-corrected chi connectivity index (χ0v) is 8.49. The zero-order chi connectivity index (χ0) is 10.7. The van der Waals surface area contributed by atoms with Crippen molar-refractivity contribution in [1.82, 2.24) is 19.9 Å². The Morgan fingerprint density at radius 2 is 2.33 bits per heavy atom. The van der Waals surface area contributed by atoms with E-state index in [9.17, 15) is 4.79 Å². The molecule has 15 heavy (non-hydrogen) atoms. The van der Waals surface area contributed by atoms with Gasteiger partial charge in [0.15, 0.2) is 5.65 Å². The minimum Gasteiger partial charge on any atom is -0.481 e. The number of aromatic amines is 1. The predicted octanol–water partition coefficient (Wildman–Crippen LogP) is 0.920. The first-order valence-electron chi connectivity index (χ1n) is 4.26. The maximum atomic E-state index is 10.3. The van der Waals surface area contributed by atoms with Crippen LogP contribution in [0.25, 0.3) is 11.2 Å². The number of imidazole rings is 1. The van der Waals surface area contributed by atoms with E-state index in [-0.39, 0.29) is 6.42 Å². The van der Waals surface area contributed by atoms with E-state index < -0.39 is 5.97 Å². The van der Waals surface area contributed by atoms with E-state index in [0.717, 1.165) is 10.5 Å². The molecule has 0 aliphatic carbocycles. The fourth-order valence-corrected chi connectivity index (χ4v) is 1.97. The average Bonchev–Trinajstić information content (AvgIpc) is 2.65. The van der Waals surface area contributed by atoms with E-state index in [4.69, 9.17) is 5.11 Å². The lowest BCUT2D eigenvalue weighted by Crippen LogP contribution is -1.96. The molecule has 2 N–H and O–H groups in total. The Balaban J connectivity index is 2.13. The van der Waals surface area contributed by atoms with Crippen LogP contribution in [0.5, 0.6) is 0 Å². The first-order chi connectivity index (χ1) is 7.27. The second-order valence-corrected chi connectivity index (χ2v) is 3.86. The molecule has 0 atom stereocenters. The molecule has 2 heterocycles. The van der Waals surface area contributed by atoms with Crippen molar-refractivity contribution in [3.05, 3.63) is 12.7 Å². The molecule has 0 aliphatic rings. The molecule has 0 radical (unpaired) electrons. The summed E-state index contributed by atoms with van der Waals surface area (Å²) in [6, 6.07) is 0. The number of nitrogens with one attached hydrogen (secondary N) is 1. The summed E-state index contributed by atoms with van der Waals surface area (Å²) in [7, 11) is 0. The van der Waals surface area contributed by atoms with E-state index >= 15 is 0 Å². The molecule has 0 amide bonds. The van der Waals surface area contributed by atoms with Crippen LogP contribution < -0.4 is 0 Å². The smallest absolute Gasteiger partial charge is 0.304 e. The third-order valence-corrected chi connectivity index (χ3v) is 2.73. The molecule has 0 saturated carbocycles. The van der Waals surface area contributed by atoms with Crippen LogP contribution in [0.3, 0.4) is 0 Å². The Labute approximate surface area is 89.2 Å². The van der Waals surface area contributed by atoms with Gasteiger partial charge in [-0.15, -0.1) is 11.8 Å². The SMILES string of the molecule is O=C(O)CCSc1ncnc2nc[nH]c12. The summed E-state index contributed by atoms with van der Waals surface area (Å²) in [6.07, 6.45) is 3.08. The molecule has 0 bridgehead atoms. The van der Waals surface area contributed by atoms with Crippen LogP contribution in [0.4, 0.5) is 0 Å². The number of nitrogens with zero attached hydrogens (tertiary/aromatic N) is 3. The van der Waals surface area contributed by atoms with Gasteiger partial charge in [-0.05, 0) is 0 Å². The van der Waals surface area contributed by atoms with Gasteiger partial charge in [0.25, 0.3) is 0 Å². The van der Waals surface area contributed by atoms with Gasteiger partial charge >= 0.3 is 5.97 Å². The molecular weight excluding hydrogens is 216 g/mol.